The first-order chi connectivity index (χ1) is 9.47. The van der Waals surface area contributed by atoms with E-state index in [1.54, 1.807) is 20.2 Å². The molecule has 0 radical (unpaired) electrons. The minimum Gasteiger partial charge on any atom is -0.398 e. The Kier molecular flexibility index (Phi) is 2.76. The molecular formula is C16H17N3O. The second-order valence-corrected chi connectivity index (χ2v) is 5.44. The zero-order chi connectivity index (χ0) is 14.3. The molecule has 4 nitrogen and oxygen atoms in total. The first-order valence-corrected chi connectivity index (χ1v) is 6.51. The summed E-state index contributed by atoms with van der Waals surface area (Å²) in [6.45, 7) is 3.46. The average Bonchev–Trinajstić information content (AvgIpc) is 2.80. The maximum absolute atomic E-state index is 10.2. The first kappa shape index (κ1) is 12.7. The predicted octanol–water partition coefficient (Wildman–Crippen LogP) is 2.84. The van der Waals surface area contributed by atoms with E-state index in [0.717, 1.165) is 16.7 Å². The standard InChI is InChI=1S/C16H17N3O/c1-16(2,20)12-8-15-14(9-13(12)17)18-10-19(15)11-6-4-3-5-7-11/h3-10,20H,17H2,1-2H3. The van der Waals surface area contributed by atoms with Gasteiger partial charge in [-0.25, -0.2) is 4.98 Å². The summed E-state index contributed by atoms with van der Waals surface area (Å²) >= 11 is 0. The molecule has 3 aromatic rings. The number of nitrogens with two attached hydrogens (primary N) is 1. The highest BCUT2D eigenvalue weighted by molar-refractivity contribution is 5.83. The molecule has 0 bridgehead atoms. The van der Waals surface area contributed by atoms with Crippen molar-refractivity contribution in [2.75, 3.05) is 5.73 Å². The van der Waals surface area contributed by atoms with Gasteiger partial charge in [0.1, 0.15) is 6.33 Å². The van der Waals surface area contributed by atoms with Gasteiger partial charge in [0.2, 0.25) is 0 Å². The monoisotopic (exact) mass is 267 g/mol. The van der Waals surface area contributed by atoms with E-state index in [9.17, 15) is 5.11 Å². The summed E-state index contributed by atoms with van der Waals surface area (Å²) in [6, 6.07) is 13.7. The fourth-order valence-corrected chi connectivity index (χ4v) is 2.40. The SMILES string of the molecule is CC(C)(O)c1cc2c(cc1N)ncn2-c1ccccc1. The molecule has 3 rings (SSSR count). The highest BCUT2D eigenvalue weighted by Gasteiger charge is 2.21. The summed E-state index contributed by atoms with van der Waals surface area (Å²) in [5, 5.41) is 10.2. The first-order valence-electron chi connectivity index (χ1n) is 6.51. The lowest BCUT2D eigenvalue weighted by atomic mass is 9.96. The van der Waals surface area contributed by atoms with Crippen molar-refractivity contribution in [3.8, 4) is 5.69 Å². The Labute approximate surface area is 117 Å². The summed E-state index contributed by atoms with van der Waals surface area (Å²) in [5.41, 5.74) is 9.08. The number of aromatic nitrogens is 2. The van der Waals surface area contributed by atoms with E-state index in [-0.39, 0.29) is 0 Å². The number of nitrogens with zero attached hydrogens (tertiary/aromatic N) is 2. The van der Waals surface area contributed by atoms with Gasteiger partial charge in [-0.3, -0.25) is 4.57 Å². The van der Waals surface area contributed by atoms with Crippen LogP contribution in [0, 0.1) is 0 Å². The minimum atomic E-state index is -0.982. The molecule has 0 saturated carbocycles. The topological polar surface area (TPSA) is 64.1 Å². The lowest BCUT2D eigenvalue weighted by molar-refractivity contribution is 0.0795. The number of hydrogen-bond donors (Lipinski definition) is 2. The Balaban J connectivity index is 2.27. The van der Waals surface area contributed by atoms with Crippen LogP contribution in [0.2, 0.25) is 0 Å². The lowest BCUT2D eigenvalue weighted by Crippen LogP contribution is -2.17. The molecular weight excluding hydrogens is 250 g/mol. The molecule has 4 heteroatoms. The molecule has 0 aliphatic heterocycles. The van der Waals surface area contributed by atoms with Crippen molar-refractivity contribution < 1.29 is 5.11 Å². The number of aliphatic hydroxyl groups is 1. The van der Waals surface area contributed by atoms with Crippen molar-refractivity contribution in [2.24, 2.45) is 0 Å². The maximum atomic E-state index is 10.2. The molecule has 0 atom stereocenters. The van der Waals surface area contributed by atoms with Crippen LogP contribution in [0.5, 0.6) is 0 Å². The van der Waals surface area contributed by atoms with Crippen LogP contribution in [0.25, 0.3) is 16.7 Å². The molecule has 0 aliphatic rings. The van der Waals surface area contributed by atoms with Gasteiger partial charge in [0.25, 0.3) is 0 Å². The largest absolute Gasteiger partial charge is 0.398 e. The van der Waals surface area contributed by atoms with E-state index in [4.69, 9.17) is 5.73 Å². The molecule has 3 N–H and O–H groups in total. The molecule has 0 unspecified atom stereocenters. The lowest BCUT2D eigenvalue weighted by Gasteiger charge is -2.20. The summed E-state index contributed by atoms with van der Waals surface area (Å²) in [4.78, 5) is 4.38. The third-order valence-electron chi connectivity index (χ3n) is 3.41. The highest BCUT2D eigenvalue weighted by Crippen LogP contribution is 2.30. The van der Waals surface area contributed by atoms with Crippen molar-refractivity contribution in [3.05, 3.63) is 54.4 Å². The fraction of sp³-hybridized carbons (Fsp3) is 0.188. The minimum absolute atomic E-state index is 0.559. The third-order valence-corrected chi connectivity index (χ3v) is 3.41. The fourth-order valence-electron chi connectivity index (χ4n) is 2.40. The molecule has 0 saturated heterocycles. The van der Waals surface area contributed by atoms with E-state index < -0.39 is 5.60 Å². The van der Waals surface area contributed by atoms with E-state index in [0.29, 0.717) is 11.3 Å². The van der Waals surface area contributed by atoms with Crippen LogP contribution in [0.15, 0.2) is 48.8 Å². The zero-order valence-corrected chi connectivity index (χ0v) is 11.5. The Bertz CT molecular complexity index is 754. The van der Waals surface area contributed by atoms with Crippen molar-refractivity contribution >= 4 is 16.7 Å². The molecule has 0 spiro atoms. The zero-order valence-electron chi connectivity index (χ0n) is 11.5. The second-order valence-electron chi connectivity index (χ2n) is 5.44. The van der Waals surface area contributed by atoms with E-state index >= 15 is 0 Å². The third kappa shape index (κ3) is 2.04. The summed E-state index contributed by atoms with van der Waals surface area (Å²) in [5.74, 6) is 0. The Hall–Kier alpha value is -2.33. The molecule has 1 heterocycles. The van der Waals surface area contributed by atoms with Crippen molar-refractivity contribution in [1.29, 1.82) is 0 Å². The molecule has 102 valence electrons. The highest BCUT2D eigenvalue weighted by atomic mass is 16.3. The average molecular weight is 267 g/mol. The Morgan fingerprint density at radius 3 is 2.50 bits per heavy atom. The summed E-state index contributed by atoms with van der Waals surface area (Å²) < 4.78 is 1.99. The van der Waals surface area contributed by atoms with Gasteiger partial charge in [-0.15, -0.1) is 0 Å². The molecule has 0 aliphatic carbocycles. The van der Waals surface area contributed by atoms with Crippen LogP contribution in [0.1, 0.15) is 19.4 Å². The maximum Gasteiger partial charge on any atom is 0.100 e. The van der Waals surface area contributed by atoms with Crippen LogP contribution in [0.3, 0.4) is 0 Å². The van der Waals surface area contributed by atoms with Gasteiger partial charge in [-0.2, -0.15) is 0 Å². The van der Waals surface area contributed by atoms with E-state index in [2.05, 4.69) is 4.98 Å². The van der Waals surface area contributed by atoms with Crippen LogP contribution in [-0.4, -0.2) is 14.7 Å². The van der Waals surface area contributed by atoms with Crippen molar-refractivity contribution in [1.82, 2.24) is 9.55 Å². The number of imidazole rings is 1. The number of fused-ring (bicyclic) bond motifs is 1. The molecule has 0 amide bonds. The number of hydrogen-bond acceptors (Lipinski definition) is 3. The molecule has 0 fully saturated rings. The number of nitrogen functional groups attached to an aromatic ring is 1. The smallest absolute Gasteiger partial charge is 0.100 e. The molecule has 1 aromatic heterocycles. The van der Waals surface area contributed by atoms with Crippen molar-refractivity contribution in [3.63, 3.8) is 0 Å². The number of benzene rings is 2. The van der Waals surface area contributed by atoms with E-state index in [1.807, 2.05) is 47.0 Å². The van der Waals surface area contributed by atoms with Gasteiger partial charge in [0.05, 0.1) is 16.6 Å². The number of para-hydroxylation sites is 1. The van der Waals surface area contributed by atoms with E-state index in [1.165, 1.54) is 0 Å². The molecule has 20 heavy (non-hydrogen) atoms. The number of anilines is 1. The van der Waals surface area contributed by atoms with Gasteiger partial charge < -0.3 is 10.8 Å². The normalized spacial score (nSPS) is 11.9. The van der Waals surface area contributed by atoms with Gasteiger partial charge in [0.15, 0.2) is 0 Å². The number of rotatable bonds is 2. The second kappa shape index (κ2) is 4.35. The van der Waals surface area contributed by atoms with Crippen molar-refractivity contribution in [2.45, 2.75) is 19.4 Å². The van der Waals surface area contributed by atoms with Crippen LogP contribution >= 0.6 is 0 Å². The van der Waals surface area contributed by atoms with Gasteiger partial charge in [0, 0.05) is 16.9 Å². The Morgan fingerprint density at radius 2 is 1.85 bits per heavy atom. The van der Waals surface area contributed by atoms with Gasteiger partial charge >= 0.3 is 0 Å². The van der Waals surface area contributed by atoms with Crippen LogP contribution < -0.4 is 5.73 Å². The Morgan fingerprint density at radius 1 is 1.15 bits per heavy atom. The van der Waals surface area contributed by atoms with Gasteiger partial charge in [-0.1, -0.05) is 18.2 Å². The molecule has 2 aromatic carbocycles. The van der Waals surface area contributed by atoms with Crippen LogP contribution in [-0.2, 0) is 5.60 Å². The summed E-state index contributed by atoms with van der Waals surface area (Å²) in [6.07, 6.45) is 1.77. The summed E-state index contributed by atoms with van der Waals surface area (Å²) in [7, 11) is 0. The van der Waals surface area contributed by atoms with Gasteiger partial charge in [-0.05, 0) is 38.1 Å². The predicted molar refractivity (Wildman–Crippen MR) is 80.7 cm³/mol. The quantitative estimate of drug-likeness (QED) is 0.702. The van der Waals surface area contributed by atoms with Crippen LogP contribution in [0.4, 0.5) is 5.69 Å².